The van der Waals surface area contributed by atoms with E-state index < -0.39 is 18.2 Å². The van der Waals surface area contributed by atoms with Gasteiger partial charge in [-0.25, -0.2) is 0 Å². The van der Waals surface area contributed by atoms with Crippen LogP contribution in [0.25, 0.3) is 6.08 Å². The van der Waals surface area contributed by atoms with Crippen molar-refractivity contribution in [1.82, 2.24) is 0 Å². The molecule has 0 spiro atoms. The second-order valence-corrected chi connectivity index (χ2v) is 6.54. The van der Waals surface area contributed by atoms with Crippen molar-refractivity contribution in [3.63, 3.8) is 0 Å². The molecule has 4 nitrogen and oxygen atoms in total. The zero-order valence-corrected chi connectivity index (χ0v) is 14.7. The Morgan fingerprint density at radius 2 is 1.96 bits per heavy atom. The lowest BCUT2D eigenvalue weighted by Gasteiger charge is -2.23. The van der Waals surface area contributed by atoms with E-state index in [4.69, 9.17) is 32.7 Å². The zero-order chi connectivity index (χ0) is 17.8. The molecule has 2 aromatic rings. The lowest BCUT2D eigenvalue weighted by Crippen LogP contribution is -2.31. The first kappa shape index (κ1) is 17.8. The molecule has 1 aliphatic rings. The molecule has 0 saturated carbocycles. The van der Waals surface area contributed by atoms with Gasteiger partial charge in [0.05, 0.1) is 17.5 Å². The average Bonchev–Trinajstić information content (AvgIpc) is 2.54. The first-order chi connectivity index (χ1) is 12.0. The number of carbonyl (C=O) groups is 1. The Balaban J connectivity index is 1.87. The molecule has 1 saturated heterocycles. The zero-order valence-electron chi connectivity index (χ0n) is 13.2. The summed E-state index contributed by atoms with van der Waals surface area (Å²) in [5, 5.41) is 10.6. The largest absolute Gasteiger partial charge is 0.458 e. The Morgan fingerprint density at radius 3 is 2.68 bits per heavy atom. The number of cyclic esters (lactones) is 1. The van der Waals surface area contributed by atoms with Gasteiger partial charge in [-0.15, -0.1) is 0 Å². The van der Waals surface area contributed by atoms with Gasteiger partial charge in [0, 0.05) is 23.1 Å². The van der Waals surface area contributed by atoms with E-state index in [0.29, 0.717) is 33.5 Å². The Morgan fingerprint density at radius 1 is 1.20 bits per heavy atom. The minimum atomic E-state index is -0.698. The van der Waals surface area contributed by atoms with Crippen LogP contribution in [-0.4, -0.2) is 23.3 Å². The summed E-state index contributed by atoms with van der Waals surface area (Å²) in [6, 6.07) is 12.5. The Labute approximate surface area is 155 Å². The third-order valence-electron chi connectivity index (χ3n) is 3.69. The number of hydrogen-bond acceptors (Lipinski definition) is 4. The van der Waals surface area contributed by atoms with Crippen molar-refractivity contribution in [2.24, 2.45) is 0 Å². The molecule has 1 fully saturated rings. The van der Waals surface area contributed by atoms with E-state index >= 15 is 0 Å². The summed E-state index contributed by atoms with van der Waals surface area (Å²) in [5.41, 5.74) is 0.617. The highest BCUT2D eigenvalue weighted by Crippen LogP contribution is 2.35. The van der Waals surface area contributed by atoms with Crippen molar-refractivity contribution in [3.05, 3.63) is 64.1 Å². The van der Waals surface area contributed by atoms with Gasteiger partial charge in [0.2, 0.25) is 0 Å². The number of aliphatic hydroxyl groups is 1. The molecule has 2 aromatic carbocycles. The molecule has 25 heavy (non-hydrogen) atoms. The standard InChI is InChI=1S/C19H16Cl2O4/c20-12-8-17(21)16(7-6-15-10-13(22)11-19(23)25-15)18(9-12)24-14-4-2-1-3-5-14/h1-9,13,15,22H,10-11H2/t13-,15-/m0/s1. The van der Waals surface area contributed by atoms with Crippen molar-refractivity contribution in [2.75, 3.05) is 0 Å². The fraction of sp³-hybridized carbons (Fsp3) is 0.211. The predicted octanol–water partition coefficient (Wildman–Crippen LogP) is 4.87. The van der Waals surface area contributed by atoms with Gasteiger partial charge in [0.15, 0.2) is 0 Å². The molecule has 1 aliphatic heterocycles. The van der Waals surface area contributed by atoms with Gasteiger partial charge >= 0.3 is 5.97 Å². The maximum Gasteiger partial charge on any atom is 0.309 e. The van der Waals surface area contributed by atoms with Crippen molar-refractivity contribution in [3.8, 4) is 11.5 Å². The third kappa shape index (κ3) is 4.75. The molecule has 0 amide bonds. The van der Waals surface area contributed by atoms with E-state index in [1.54, 1.807) is 24.3 Å². The molecule has 1 heterocycles. The maximum absolute atomic E-state index is 11.4. The highest BCUT2D eigenvalue weighted by Gasteiger charge is 2.25. The van der Waals surface area contributed by atoms with E-state index in [1.807, 2.05) is 30.3 Å². The number of rotatable bonds is 4. The molecule has 2 atom stereocenters. The molecule has 6 heteroatoms. The van der Waals surface area contributed by atoms with Crippen molar-refractivity contribution in [1.29, 1.82) is 0 Å². The monoisotopic (exact) mass is 378 g/mol. The molecule has 0 aromatic heterocycles. The lowest BCUT2D eigenvalue weighted by atomic mass is 10.0. The number of carbonyl (C=O) groups excluding carboxylic acids is 1. The molecule has 0 bridgehead atoms. The van der Waals surface area contributed by atoms with Crippen LogP contribution in [0.5, 0.6) is 11.5 Å². The molecular weight excluding hydrogens is 363 g/mol. The summed E-state index contributed by atoms with van der Waals surface area (Å²) in [6.45, 7) is 0. The van der Waals surface area contributed by atoms with Gasteiger partial charge in [-0.2, -0.15) is 0 Å². The van der Waals surface area contributed by atoms with Crippen LogP contribution >= 0.6 is 23.2 Å². The number of halogens is 2. The normalized spacial score (nSPS) is 20.5. The second kappa shape index (κ2) is 7.91. The van der Waals surface area contributed by atoms with Crippen molar-refractivity contribution < 1.29 is 19.4 Å². The fourth-order valence-corrected chi connectivity index (χ4v) is 3.09. The number of benzene rings is 2. The van der Waals surface area contributed by atoms with Gasteiger partial charge in [0.25, 0.3) is 0 Å². The molecule has 1 N–H and O–H groups in total. The highest BCUT2D eigenvalue weighted by atomic mass is 35.5. The first-order valence-corrected chi connectivity index (χ1v) is 8.54. The number of esters is 1. The van der Waals surface area contributed by atoms with Crippen LogP contribution in [0, 0.1) is 0 Å². The number of para-hydroxylation sites is 1. The third-order valence-corrected chi connectivity index (χ3v) is 4.23. The highest BCUT2D eigenvalue weighted by molar-refractivity contribution is 6.35. The van der Waals surface area contributed by atoms with Crippen molar-refractivity contribution in [2.45, 2.75) is 25.0 Å². The van der Waals surface area contributed by atoms with Gasteiger partial charge in [-0.3, -0.25) is 4.79 Å². The summed E-state index contributed by atoms with van der Waals surface area (Å²) >= 11 is 12.4. The van der Waals surface area contributed by atoms with Gasteiger partial charge in [-0.05, 0) is 24.3 Å². The predicted molar refractivity (Wildman–Crippen MR) is 97.1 cm³/mol. The lowest BCUT2D eigenvalue weighted by molar-refractivity contribution is -0.156. The van der Waals surface area contributed by atoms with Gasteiger partial charge < -0.3 is 14.6 Å². The summed E-state index contributed by atoms with van der Waals surface area (Å²) in [6.07, 6.45) is 2.57. The summed E-state index contributed by atoms with van der Waals surface area (Å²) in [4.78, 5) is 11.4. The minimum absolute atomic E-state index is 0.0222. The van der Waals surface area contributed by atoms with E-state index in [2.05, 4.69) is 0 Å². The molecule has 0 unspecified atom stereocenters. The number of aliphatic hydroxyl groups excluding tert-OH is 1. The molecular formula is C19H16Cl2O4. The van der Waals surface area contributed by atoms with Crippen LogP contribution in [0.15, 0.2) is 48.5 Å². The van der Waals surface area contributed by atoms with Crippen LogP contribution in [0.2, 0.25) is 10.0 Å². The van der Waals surface area contributed by atoms with Gasteiger partial charge in [-0.1, -0.05) is 47.5 Å². The fourth-order valence-electron chi connectivity index (χ4n) is 2.55. The van der Waals surface area contributed by atoms with Crippen LogP contribution in [-0.2, 0) is 9.53 Å². The number of ether oxygens (including phenoxy) is 2. The minimum Gasteiger partial charge on any atom is -0.458 e. The number of hydrogen-bond donors (Lipinski definition) is 1. The Hall–Kier alpha value is -2.01. The smallest absolute Gasteiger partial charge is 0.309 e. The average molecular weight is 379 g/mol. The quantitative estimate of drug-likeness (QED) is 0.771. The summed E-state index contributed by atoms with van der Waals surface area (Å²) in [5.74, 6) is 0.717. The summed E-state index contributed by atoms with van der Waals surface area (Å²) in [7, 11) is 0. The molecule has 0 radical (unpaired) electrons. The van der Waals surface area contributed by atoms with E-state index in [0.717, 1.165) is 0 Å². The molecule has 130 valence electrons. The van der Waals surface area contributed by atoms with Crippen LogP contribution in [0.1, 0.15) is 18.4 Å². The Kier molecular flexibility index (Phi) is 5.63. The topological polar surface area (TPSA) is 55.8 Å². The van der Waals surface area contributed by atoms with Crippen LogP contribution in [0.4, 0.5) is 0 Å². The second-order valence-electron chi connectivity index (χ2n) is 5.70. The Bertz CT molecular complexity index is 790. The van der Waals surface area contributed by atoms with E-state index in [1.165, 1.54) is 0 Å². The maximum atomic E-state index is 11.4. The molecule has 3 rings (SSSR count). The first-order valence-electron chi connectivity index (χ1n) is 7.79. The summed E-state index contributed by atoms with van der Waals surface area (Å²) < 4.78 is 11.1. The van der Waals surface area contributed by atoms with Crippen LogP contribution in [0.3, 0.4) is 0 Å². The van der Waals surface area contributed by atoms with Gasteiger partial charge in [0.1, 0.15) is 17.6 Å². The van der Waals surface area contributed by atoms with E-state index in [-0.39, 0.29) is 6.42 Å². The van der Waals surface area contributed by atoms with Crippen LogP contribution < -0.4 is 4.74 Å². The molecule has 0 aliphatic carbocycles. The van der Waals surface area contributed by atoms with Crippen molar-refractivity contribution >= 4 is 35.2 Å². The SMILES string of the molecule is O=C1C[C@@H](O)C[C@H](C=Cc2c(Cl)cc(Cl)cc2Oc2ccccc2)O1. The van der Waals surface area contributed by atoms with E-state index in [9.17, 15) is 9.90 Å².